The average Bonchev–Trinajstić information content (AvgIpc) is 2.93. The van der Waals surface area contributed by atoms with Crippen molar-refractivity contribution in [1.29, 1.82) is 0 Å². The number of unbranched alkanes of at least 4 members (excludes halogenated alkanes) is 3. The van der Waals surface area contributed by atoms with Crippen LogP contribution in [0.4, 0.5) is 4.79 Å². The smallest absolute Gasteiger partial charge is 0.407 e. The molecule has 2 N–H and O–H groups in total. The lowest BCUT2D eigenvalue weighted by molar-refractivity contribution is 0.0522. The SMILES string of the molecule is CCCCCCNC1CC1NC(=O)OC(C)(C)C. The summed E-state index contributed by atoms with van der Waals surface area (Å²) in [6.45, 7) is 8.90. The van der Waals surface area contributed by atoms with Gasteiger partial charge in [0.1, 0.15) is 5.60 Å². The van der Waals surface area contributed by atoms with Gasteiger partial charge in [-0.2, -0.15) is 0 Å². The van der Waals surface area contributed by atoms with Crippen molar-refractivity contribution >= 4 is 6.09 Å². The minimum Gasteiger partial charge on any atom is -0.444 e. The van der Waals surface area contributed by atoms with E-state index >= 15 is 0 Å². The number of carbonyl (C=O) groups is 1. The van der Waals surface area contributed by atoms with Gasteiger partial charge in [-0.05, 0) is 40.2 Å². The molecule has 0 aromatic rings. The van der Waals surface area contributed by atoms with Crippen molar-refractivity contribution in [2.24, 2.45) is 0 Å². The van der Waals surface area contributed by atoms with E-state index in [0.29, 0.717) is 6.04 Å². The number of hydrogen-bond acceptors (Lipinski definition) is 3. The molecule has 2 unspecified atom stereocenters. The summed E-state index contributed by atoms with van der Waals surface area (Å²) < 4.78 is 5.22. The molecule has 0 bridgehead atoms. The highest BCUT2D eigenvalue weighted by Crippen LogP contribution is 2.21. The van der Waals surface area contributed by atoms with Crippen LogP contribution < -0.4 is 10.6 Å². The molecule has 18 heavy (non-hydrogen) atoms. The molecule has 1 aliphatic carbocycles. The Labute approximate surface area is 111 Å². The first-order chi connectivity index (χ1) is 8.42. The first-order valence-corrected chi connectivity index (χ1v) is 7.15. The molecule has 1 saturated carbocycles. The number of alkyl carbamates (subject to hydrolysis) is 1. The van der Waals surface area contributed by atoms with Gasteiger partial charge in [0.2, 0.25) is 0 Å². The zero-order chi connectivity index (χ0) is 13.6. The highest BCUT2D eigenvalue weighted by atomic mass is 16.6. The molecule has 1 amide bonds. The van der Waals surface area contributed by atoms with Gasteiger partial charge in [-0.3, -0.25) is 0 Å². The first-order valence-electron chi connectivity index (χ1n) is 7.15. The van der Waals surface area contributed by atoms with Gasteiger partial charge >= 0.3 is 6.09 Å². The van der Waals surface area contributed by atoms with E-state index in [1.807, 2.05) is 20.8 Å². The van der Waals surface area contributed by atoms with E-state index in [1.54, 1.807) is 0 Å². The number of amides is 1. The van der Waals surface area contributed by atoms with Crippen LogP contribution in [-0.4, -0.2) is 30.3 Å². The Hall–Kier alpha value is -0.770. The molecule has 0 aliphatic heterocycles. The average molecular weight is 256 g/mol. The second-order valence-electron chi connectivity index (χ2n) is 6.11. The molecule has 0 radical (unpaired) electrons. The van der Waals surface area contributed by atoms with E-state index in [0.717, 1.165) is 13.0 Å². The molecule has 0 aromatic carbocycles. The van der Waals surface area contributed by atoms with Crippen LogP contribution in [0.5, 0.6) is 0 Å². The van der Waals surface area contributed by atoms with E-state index in [2.05, 4.69) is 17.6 Å². The van der Waals surface area contributed by atoms with Crippen LogP contribution in [0.1, 0.15) is 59.8 Å². The number of rotatable bonds is 7. The van der Waals surface area contributed by atoms with Gasteiger partial charge in [-0.15, -0.1) is 0 Å². The minimum atomic E-state index is -0.415. The Morgan fingerprint density at radius 2 is 1.94 bits per heavy atom. The Kier molecular flexibility index (Phi) is 5.93. The summed E-state index contributed by atoms with van der Waals surface area (Å²) >= 11 is 0. The van der Waals surface area contributed by atoms with Gasteiger partial charge in [-0.1, -0.05) is 26.2 Å². The summed E-state index contributed by atoms with van der Waals surface area (Å²) in [6, 6.07) is 0.699. The third-order valence-electron chi connectivity index (χ3n) is 2.93. The van der Waals surface area contributed by atoms with Gasteiger partial charge in [0.05, 0.1) is 0 Å². The van der Waals surface area contributed by atoms with Crippen LogP contribution in [0.15, 0.2) is 0 Å². The van der Waals surface area contributed by atoms with Crippen LogP contribution >= 0.6 is 0 Å². The van der Waals surface area contributed by atoms with E-state index in [4.69, 9.17) is 4.74 Å². The topological polar surface area (TPSA) is 50.4 Å². The predicted molar refractivity (Wildman–Crippen MR) is 73.7 cm³/mol. The van der Waals surface area contributed by atoms with Gasteiger partial charge in [-0.25, -0.2) is 4.79 Å². The quantitative estimate of drug-likeness (QED) is 0.689. The summed E-state index contributed by atoms with van der Waals surface area (Å²) in [4.78, 5) is 11.5. The normalized spacial score (nSPS) is 22.7. The molecule has 1 rings (SSSR count). The Balaban J connectivity index is 2.01. The van der Waals surface area contributed by atoms with Gasteiger partial charge in [0, 0.05) is 12.1 Å². The fourth-order valence-corrected chi connectivity index (χ4v) is 1.88. The molecular formula is C14H28N2O2. The highest BCUT2D eigenvalue weighted by molar-refractivity contribution is 5.68. The Bertz CT molecular complexity index is 261. The van der Waals surface area contributed by atoms with Gasteiger partial charge in [0.15, 0.2) is 0 Å². The monoisotopic (exact) mass is 256 g/mol. The zero-order valence-electron chi connectivity index (χ0n) is 12.2. The van der Waals surface area contributed by atoms with Crippen LogP contribution in [0, 0.1) is 0 Å². The van der Waals surface area contributed by atoms with Crippen LogP contribution in [0.3, 0.4) is 0 Å². The van der Waals surface area contributed by atoms with Crippen molar-refractivity contribution in [3.8, 4) is 0 Å². The number of ether oxygens (including phenoxy) is 1. The highest BCUT2D eigenvalue weighted by Gasteiger charge is 2.38. The fourth-order valence-electron chi connectivity index (χ4n) is 1.88. The number of hydrogen-bond donors (Lipinski definition) is 2. The third-order valence-corrected chi connectivity index (χ3v) is 2.93. The summed E-state index contributed by atoms with van der Waals surface area (Å²) in [5.74, 6) is 0. The predicted octanol–water partition coefficient (Wildman–Crippen LogP) is 2.82. The standard InChI is InChI=1S/C14H28N2O2/c1-5-6-7-8-9-15-11-10-12(11)16-13(17)18-14(2,3)4/h11-12,15H,5-10H2,1-4H3,(H,16,17). The summed E-state index contributed by atoms with van der Waals surface area (Å²) in [5, 5.41) is 6.35. The van der Waals surface area contributed by atoms with Crippen LogP contribution in [0.2, 0.25) is 0 Å². The second kappa shape index (κ2) is 6.98. The molecule has 0 spiro atoms. The van der Waals surface area contributed by atoms with Crippen LogP contribution in [0.25, 0.3) is 0 Å². The van der Waals surface area contributed by atoms with Crippen molar-refractivity contribution < 1.29 is 9.53 Å². The third kappa shape index (κ3) is 6.84. The fraction of sp³-hybridized carbons (Fsp3) is 0.929. The summed E-state index contributed by atoms with van der Waals surface area (Å²) in [6.07, 6.45) is 5.82. The molecule has 1 aliphatic rings. The molecule has 1 fully saturated rings. The molecular weight excluding hydrogens is 228 g/mol. The lowest BCUT2D eigenvalue weighted by Gasteiger charge is -2.19. The van der Waals surface area contributed by atoms with Crippen LogP contribution in [-0.2, 0) is 4.74 Å². The molecule has 4 heteroatoms. The second-order valence-corrected chi connectivity index (χ2v) is 6.11. The molecule has 106 valence electrons. The maximum absolute atomic E-state index is 11.5. The summed E-state index contributed by atoms with van der Waals surface area (Å²) in [5.41, 5.74) is -0.415. The lowest BCUT2D eigenvalue weighted by atomic mass is 10.2. The lowest BCUT2D eigenvalue weighted by Crippen LogP contribution is -2.36. The Morgan fingerprint density at radius 3 is 2.56 bits per heavy atom. The molecule has 0 aromatic heterocycles. The molecule has 0 heterocycles. The van der Waals surface area contributed by atoms with E-state index in [1.165, 1.54) is 25.7 Å². The van der Waals surface area contributed by atoms with Crippen molar-refractivity contribution in [3.63, 3.8) is 0 Å². The van der Waals surface area contributed by atoms with E-state index in [9.17, 15) is 4.79 Å². The van der Waals surface area contributed by atoms with Gasteiger partial charge in [0.25, 0.3) is 0 Å². The molecule has 0 saturated heterocycles. The minimum absolute atomic E-state index is 0.256. The number of nitrogens with one attached hydrogen (secondary N) is 2. The molecule has 2 atom stereocenters. The van der Waals surface area contributed by atoms with Crippen molar-refractivity contribution in [1.82, 2.24) is 10.6 Å². The first kappa shape index (κ1) is 15.3. The number of carbonyl (C=O) groups excluding carboxylic acids is 1. The van der Waals surface area contributed by atoms with E-state index in [-0.39, 0.29) is 12.1 Å². The van der Waals surface area contributed by atoms with Gasteiger partial charge < -0.3 is 15.4 Å². The van der Waals surface area contributed by atoms with Crippen molar-refractivity contribution in [2.45, 2.75) is 77.5 Å². The summed E-state index contributed by atoms with van der Waals surface area (Å²) in [7, 11) is 0. The maximum Gasteiger partial charge on any atom is 0.407 e. The van der Waals surface area contributed by atoms with Crippen molar-refractivity contribution in [2.75, 3.05) is 6.54 Å². The molecule has 4 nitrogen and oxygen atoms in total. The van der Waals surface area contributed by atoms with E-state index < -0.39 is 5.60 Å². The zero-order valence-corrected chi connectivity index (χ0v) is 12.2. The Morgan fingerprint density at radius 1 is 1.22 bits per heavy atom. The maximum atomic E-state index is 11.5. The van der Waals surface area contributed by atoms with Crippen molar-refractivity contribution in [3.05, 3.63) is 0 Å². The largest absolute Gasteiger partial charge is 0.444 e.